The molecule has 1 atom stereocenters. The summed E-state index contributed by atoms with van der Waals surface area (Å²) in [5, 5.41) is 7.25. The van der Waals surface area contributed by atoms with E-state index in [2.05, 4.69) is 10.4 Å². The van der Waals surface area contributed by atoms with Crippen LogP contribution in [0, 0.1) is 29.6 Å². The topological polar surface area (TPSA) is 67.2 Å². The molecule has 2 amide bonds. The maximum absolute atomic E-state index is 13.0. The van der Waals surface area contributed by atoms with Crippen molar-refractivity contribution >= 4 is 17.5 Å². The van der Waals surface area contributed by atoms with Crippen molar-refractivity contribution < 1.29 is 9.59 Å². The van der Waals surface area contributed by atoms with Gasteiger partial charge in [0.15, 0.2) is 0 Å². The third kappa shape index (κ3) is 2.49. The Morgan fingerprint density at radius 3 is 2.44 bits per heavy atom. The molecule has 5 aliphatic rings. The van der Waals surface area contributed by atoms with Gasteiger partial charge in [-0.15, -0.1) is 0 Å². The predicted molar refractivity (Wildman–Crippen MR) is 92.6 cm³/mol. The van der Waals surface area contributed by atoms with Gasteiger partial charge < -0.3 is 10.2 Å². The van der Waals surface area contributed by atoms with Crippen LogP contribution in [0.15, 0.2) is 12.4 Å². The number of rotatable bonds is 3. The average molecular weight is 342 g/mol. The Kier molecular flexibility index (Phi) is 3.44. The summed E-state index contributed by atoms with van der Waals surface area (Å²) in [6, 6.07) is -0.370. The van der Waals surface area contributed by atoms with Gasteiger partial charge in [0.1, 0.15) is 6.04 Å². The van der Waals surface area contributed by atoms with Crippen molar-refractivity contribution in [3.05, 3.63) is 12.4 Å². The van der Waals surface area contributed by atoms with Gasteiger partial charge in [-0.05, 0) is 62.2 Å². The molecule has 6 rings (SSSR count). The number of aromatic nitrogens is 2. The molecule has 1 aliphatic heterocycles. The maximum atomic E-state index is 13.0. The van der Waals surface area contributed by atoms with Crippen molar-refractivity contribution in [1.29, 1.82) is 0 Å². The summed E-state index contributed by atoms with van der Waals surface area (Å²) in [7, 11) is 1.84. The summed E-state index contributed by atoms with van der Waals surface area (Å²) in [6.45, 7) is 0.650. The predicted octanol–water partition coefficient (Wildman–Crippen LogP) is 1.71. The molecule has 134 valence electrons. The number of hydrogen-bond acceptors (Lipinski definition) is 3. The molecule has 1 N–H and O–H groups in total. The van der Waals surface area contributed by atoms with Gasteiger partial charge in [0.25, 0.3) is 0 Å². The number of nitrogens with one attached hydrogen (secondary N) is 1. The molecule has 0 radical (unpaired) electrons. The SMILES string of the molecule is Cn1cc(N2CCC(NC(=O)C3C4CC5CC(C4)CC3C5)C2=O)cn1. The highest BCUT2D eigenvalue weighted by atomic mass is 16.2. The van der Waals surface area contributed by atoms with Crippen LogP contribution in [0.4, 0.5) is 5.69 Å². The van der Waals surface area contributed by atoms with E-state index in [0.717, 1.165) is 17.5 Å². The first kappa shape index (κ1) is 15.4. The van der Waals surface area contributed by atoms with Crippen LogP contribution in [0.2, 0.25) is 0 Å². The summed E-state index contributed by atoms with van der Waals surface area (Å²) in [5.41, 5.74) is 0.818. The summed E-state index contributed by atoms with van der Waals surface area (Å²) >= 11 is 0. The molecule has 1 saturated heterocycles. The van der Waals surface area contributed by atoms with Crippen LogP contribution < -0.4 is 10.2 Å². The fourth-order valence-corrected chi connectivity index (χ4v) is 6.24. The van der Waals surface area contributed by atoms with E-state index in [1.165, 1.54) is 32.1 Å². The van der Waals surface area contributed by atoms with Crippen LogP contribution in [0.1, 0.15) is 38.5 Å². The van der Waals surface area contributed by atoms with Gasteiger partial charge in [-0.3, -0.25) is 14.3 Å². The molecule has 1 unspecified atom stereocenters. The normalized spacial score (nSPS) is 39.2. The monoisotopic (exact) mass is 342 g/mol. The van der Waals surface area contributed by atoms with Gasteiger partial charge in [-0.25, -0.2) is 0 Å². The quantitative estimate of drug-likeness (QED) is 0.909. The Labute approximate surface area is 147 Å². The zero-order valence-corrected chi connectivity index (χ0v) is 14.7. The van der Waals surface area contributed by atoms with Gasteiger partial charge in [0, 0.05) is 25.7 Å². The summed E-state index contributed by atoms with van der Waals surface area (Å²) in [4.78, 5) is 27.4. The number of carbonyl (C=O) groups excluding carboxylic acids is 2. The zero-order valence-electron chi connectivity index (χ0n) is 14.7. The maximum Gasteiger partial charge on any atom is 0.249 e. The Hall–Kier alpha value is -1.85. The molecule has 6 heteroatoms. The molecule has 4 saturated carbocycles. The van der Waals surface area contributed by atoms with Crippen molar-refractivity contribution in [3.63, 3.8) is 0 Å². The van der Waals surface area contributed by atoms with E-state index in [9.17, 15) is 9.59 Å². The Bertz CT molecular complexity index is 684. The van der Waals surface area contributed by atoms with Crippen LogP contribution in [0.5, 0.6) is 0 Å². The first-order valence-corrected chi connectivity index (χ1v) is 9.69. The number of hydrogen-bond donors (Lipinski definition) is 1. The number of anilines is 1. The molecule has 0 spiro atoms. The first-order valence-electron chi connectivity index (χ1n) is 9.69. The highest BCUT2D eigenvalue weighted by molar-refractivity contribution is 6.01. The lowest BCUT2D eigenvalue weighted by Gasteiger charge is -2.53. The van der Waals surface area contributed by atoms with E-state index in [4.69, 9.17) is 0 Å². The second-order valence-corrected chi connectivity index (χ2v) is 8.67. The summed E-state index contributed by atoms with van der Waals surface area (Å²) in [5.74, 6) is 3.13. The van der Waals surface area contributed by atoms with Crippen molar-refractivity contribution in [2.45, 2.75) is 44.6 Å². The van der Waals surface area contributed by atoms with E-state index in [0.29, 0.717) is 24.8 Å². The van der Waals surface area contributed by atoms with Crippen molar-refractivity contribution in [3.8, 4) is 0 Å². The lowest BCUT2D eigenvalue weighted by atomic mass is 9.51. The molecule has 1 aromatic heterocycles. The van der Waals surface area contributed by atoms with Crippen molar-refractivity contribution in [1.82, 2.24) is 15.1 Å². The Balaban J connectivity index is 1.26. The van der Waals surface area contributed by atoms with Crippen LogP contribution in [0.3, 0.4) is 0 Å². The molecule has 25 heavy (non-hydrogen) atoms. The van der Waals surface area contributed by atoms with Gasteiger partial charge >= 0.3 is 0 Å². The van der Waals surface area contributed by atoms with Crippen LogP contribution in [-0.4, -0.2) is 34.2 Å². The second kappa shape index (κ2) is 5.58. The smallest absolute Gasteiger partial charge is 0.249 e. The Morgan fingerprint density at radius 1 is 1.16 bits per heavy atom. The third-order valence-corrected chi connectivity index (χ3v) is 7.05. The van der Waals surface area contributed by atoms with E-state index in [1.54, 1.807) is 15.8 Å². The van der Waals surface area contributed by atoms with Gasteiger partial charge in [0.05, 0.1) is 11.9 Å². The standard InChI is InChI=1S/C19H26N4O2/c1-22-10-15(9-20-22)23-3-2-16(19(23)25)21-18(24)17-13-5-11-4-12(7-13)8-14(17)6-11/h9-14,16-17H,2-8H2,1H3,(H,21,24). The zero-order chi connectivity index (χ0) is 17.1. The molecular formula is C19H26N4O2. The third-order valence-electron chi connectivity index (χ3n) is 7.05. The highest BCUT2D eigenvalue weighted by Gasteiger charge is 2.51. The van der Waals surface area contributed by atoms with E-state index in [1.807, 2.05) is 13.2 Å². The minimum absolute atomic E-state index is 0.00478. The Morgan fingerprint density at radius 2 is 1.84 bits per heavy atom. The minimum Gasteiger partial charge on any atom is -0.344 e. The molecule has 5 fully saturated rings. The summed E-state index contributed by atoms with van der Waals surface area (Å²) in [6.07, 6.45) is 10.5. The number of aryl methyl sites for hydroxylation is 1. The highest BCUT2D eigenvalue weighted by Crippen LogP contribution is 2.56. The number of amides is 2. The molecule has 4 aliphatic carbocycles. The second-order valence-electron chi connectivity index (χ2n) is 8.67. The number of carbonyl (C=O) groups is 2. The van der Waals surface area contributed by atoms with Crippen LogP contribution in [0.25, 0.3) is 0 Å². The van der Waals surface area contributed by atoms with E-state index in [-0.39, 0.29) is 23.8 Å². The fraction of sp³-hybridized carbons (Fsp3) is 0.737. The molecule has 2 heterocycles. The van der Waals surface area contributed by atoms with Crippen molar-refractivity contribution in [2.75, 3.05) is 11.4 Å². The van der Waals surface area contributed by atoms with Crippen LogP contribution in [-0.2, 0) is 16.6 Å². The van der Waals surface area contributed by atoms with Gasteiger partial charge in [-0.1, -0.05) is 0 Å². The molecular weight excluding hydrogens is 316 g/mol. The average Bonchev–Trinajstić information content (AvgIpc) is 3.13. The van der Waals surface area contributed by atoms with Crippen LogP contribution >= 0.6 is 0 Å². The molecule has 1 aromatic rings. The van der Waals surface area contributed by atoms with Gasteiger partial charge in [0.2, 0.25) is 11.8 Å². The minimum atomic E-state index is -0.370. The molecule has 4 bridgehead atoms. The first-order chi connectivity index (χ1) is 12.1. The fourth-order valence-electron chi connectivity index (χ4n) is 6.24. The van der Waals surface area contributed by atoms with Crippen molar-refractivity contribution in [2.24, 2.45) is 36.6 Å². The van der Waals surface area contributed by atoms with Gasteiger partial charge in [-0.2, -0.15) is 5.10 Å². The van der Waals surface area contributed by atoms with E-state index >= 15 is 0 Å². The molecule has 6 nitrogen and oxygen atoms in total. The lowest BCUT2D eigenvalue weighted by molar-refractivity contribution is -0.140. The summed E-state index contributed by atoms with van der Waals surface area (Å²) < 4.78 is 1.70. The number of nitrogens with zero attached hydrogens (tertiary/aromatic N) is 3. The molecule has 0 aromatic carbocycles. The lowest BCUT2D eigenvalue weighted by Crippen LogP contribution is -2.53. The van der Waals surface area contributed by atoms with E-state index < -0.39 is 0 Å². The largest absolute Gasteiger partial charge is 0.344 e.